The van der Waals surface area contributed by atoms with Gasteiger partial charge < -0.3 is 5.11 Å². The molecule has 1 heterocycles. The van der Waals surface area contributed by atoms with E-state index in [1.165, 1.54) is 6.42 Å². The van der Waals surface area contributed by atoms with Gasteiger partial charge in [-0.15, -0.1) is 0 Å². The Morgan fingerprint density at radius 2 is 1.69 bits per heavy atom. The number of hydrogen-bond donors (Lipinski definition) is 1. The third kappa shape index (κ3) is 1.73. The average molecular weight is 177 g/mol. The smallest absolute Gasteiger partial charge is 0.0897 e. The van der Waals surface area contributed by atoms with Crippen LogP contribution < -0.4 is 0 Å². The molecule has 0 spiro atoms. The van der Waals surface area contributed by atoms with Crippen LogP contribution in [0.3, 0.4) is 0 Å². The summed E-state index contributed by atoms with van der Waals surface area (Å²) in [6, 6.07) is 3.84. The summed E-state index contributed by atoms with van der Waals surface area (Å²) in [5.74, 6) is 0. The molecular weight excluding hydrogens is 162 g/mol. The van der Waals surface area contributed by atoms with E-state index in [-0.39, 0.29) is 0 Å². The van der Waals surface area contributed by atoms with E-state index in [0.717, 1.165) is 31.2 Å². The lowest BCUT2D eigenvalue weighted by atomic mass is 9.80. The molecule has 2 nitrogen and oxygen atoms in total. The van der Waals surface area contributed by atoms with Gasteiger partial charge in [0, 0.05) is 12.4 Å². The summed E-state index contributed by atoms with van der Waals surface area (Å²) < 4.78 is 0. The van der Waals surface area contributed by atoms with E-state index in [1.54, 1.807) is 12.4 Å². The molecule has 2 heteroatoms. The van der Waals surface area contributed by atoms with Crippen LogP contribution in [-0.2, 0) is 5.60 Å². The highest BCUT2D eigenvalue weighted by atomic mass is 16.3. The average Bonchev–Trinajstić information content (AvgIpc) is 2.20. The molecule has 70 valence electrons. The highest BCUT2D eigenvalue weighted by molar-refractivity contribution is 5.19. The van der Waals surface area contributed by atoms with Gasteiger partial charge in [0.2, 0.25) is 0 Å². The molecule has 1 aromatic rings. The van der Waals surface area contributed by atoms with Gasteiger partial charge in [-0.05, 0) is 30.5 Å². The zero-order valence-electron chi connectivity index (χ0n) is 7.74. The molecule has 0 unspecified atom stereocenters. The van der Waals surface area contributed by atoms with E-state index >= 15 is 0 Å². The monoisotopic (exact) mass is 177 g/mol. The minimum Gasteiger partial charge on any atom is -0.385 e. The van der Waals surface area contributed by atoms with Crippen LogP contribution in [0.25, 0.3) is 0 Å². The Kier molecular flexibility index (Phi) is 2.32. The van der Waals surface area contributed by atoms with E-state index in [2.05, 4.69) is 4.98 Å². The maximum atomic E-state index is 10.3. The number of hydrogen-bond acceptors (Lipinski definition) is 2. The number of rotatable bonds is 1. The Morgan fingerprint density at radius 3 is 2.31 bits per heavy atom. The first-order valence-electron chi connectivity index (χ1n) is 4.94. The van der Waals surface area contributed by atoms with Crippen LogP contribution >= 0.6 is 0 Å². The molecule has 0 radical (unpaired) electrons. The summed E-state index contributed by atoms with van der Waals surface area (Å²) in [6.07, 6.45) is 8.84. The van der Waals surface area contributed by atoms with Crippen molar-refractivity contribution in [2.75, 3.05) is 0 Å². The fourth-order valence-electron chi connectivity index (χ4n) is 2.09. The maximum absolute atomic E-state index is 10.3. The minimum absolute atomic E-state index is 0.568. The van der Waals surface area contributed by atoms with Crippen LogP contribution in [0.2, 0.25) is 0 Å². The van der Waals surface area contributed by atoms with Gasteiger partial charge in [0.1, 0.15) is 0 Å². The quantitative estimate of drug-likeness (QED) is 0.713. The van der Waals surface area contributed by atoms with Crippen LogP contribution in [-0.4, -0.2) is 10.1 Å². The van der Waals surface area contributed by atoms with E-state index < -0.39 is 5.60 Å². The van der Waals surface area contributed by atoms with Crippen LogP contribution in [0.15, 0.2) is 24.5 Å². The number of aliphatic hydroxyl groups is 1. The van der Waals surface area contributed by atoms with E-state index in [0.29, 0.717) is 0 Å². The van der Waals surface area contributed by atoms with Crippen molar-refractivity contribution in [1.82, 2.24) is 4.98 Å². The van der Waals surface area contributed by atoms with Crippen LogP contribution in [0.4, 0.5) is 0 Å². The molecule has 1 aromatic heterocycles. The lowest BCUT2D eigenvalue weighted by Crippen LogP contribution is -2.28. The molecule has 1 fully saturated rings. The summed E-state index contributed by atoms with van der Waals surface area (Å²) in [4.78, 5) is 3.96. The highest BCUT2D eigenvalue weighted by Gasteiger charge is 2.30. The van der Waals surface area contributed by atoms with Gasteiger partial charge in [0.25, 0.3) is 0 Å². The summed E-state index contributed by atoms with van der Waals surface area (Å²) in [7, 11) is 0. The molecule has 0 aromatic carbocycles. The zero-order valence-corrected chi connectivity index (χ0v) is 7.74. The fraction of sp³-hybridized carbons (Fsp3) is 0.545. The Bertz CT molecular complexity index is 265. The van der Waals surface area contributed by atoms with Gasteiger partial charge >= 0.3 is 0 Å². The predicted octanol–water partition coefficient (Wildman–Crippen LogP) is 2.23. The van der Waals surface area contributed by atoms with E-state index in [9.17, 15) is 5.11 Å². The van der Waals surface area contributed by atoms with Gasteiger partial charge in [-0.25, -0.2) is 0 Å². The second kappa shape index (κ2) is 3.46. The van der Waals surface area contributed by atoms with Gasteiger partial charge in [0.15, 0.2) is 0 Å². The van der Waals surface area contributed by atoms with Crippen molar-refractivity contribution in [1.29, 1.82) is 0 Å². The van der Waals surface area contributed by atoms with Crippen molar-refractivity contribution < 1.29 is 5.11 Å². The molecule has 1 saturated carbocycles. The van der Waals surface area contributed by atoms with Gasteiger partial charge in [-0.3, -0.25) is 4.98 Å². The Labute approximate surface area is 78.6 Å². The van der Waals surface area contributed by atoms with Crippen LogP contribution in [0.1, 0.15) is 37.7 Å². The summed E-state index contributed by atoms with van der Waals surface area (Å²) in [6.45, 7) is 0. The first-order valence-corrected chi connectivity index (χ1v) is 4.94. The number of nitrogens with zero attached hydrogens (tertiary/aromatic N) is 1. The molecule has 0 aliphatic heterocycles. The standard InChI is InChI=1S/C11H15NO/c13-11(6-2-1-3-7-11)10-4-8-12-9-5-10/h4-5,8-9,13H,1-3,6-7H2. The SMILES string of the molecule is OC1(c2ccncc2)CCCCC1. The van der Waals surface area contributed by atoms with Gasteiger partial charge in [0.05, 0.1) is 5.60 Å². The van der Waals surface area contributed by atoms with Crippen molar-refractivity contribution >= 4 is 0 Å². The van der Waals surface area contributed by atoms with E-state index in [1.807, 2.05) is 12.1 Å². The first-order chi connectivity index (χ1) is 6.31. The Balaban J connectivity index is 2.23. The van der Waals surface area contributed by atoms with Crippen molar-refractivity contribution in [2.24, 2.45) is 0 Å². The van der Waals surface area contributed by atoms with Crippen LogP contribution in [0.5, 0.6) is 0 Å². The third-order valence-corrected chi connectivity index (χ3v) is 2.90. The lowest BCUT2D eigenvalue weighted by Gasteiger charge is -2.32. The van der Waals surface area contributed by atoms with E-state index in [4.69, 9.17) is 0 Å². The first kappa shape index (κ1) is 8.70. The molecular formula is C11H15NO. The topological polar surface area (TPSA) is 33.1 Å². The zero-order chi connectivity index (χ0) is 9.15. The van der Waals surface area contributed by atoms with Crippen molar-refractivity contribution in [2.45, 2.75) is 37.7 Å². The van der Waals surface area contributed by atoms with Gasteiger partial charge in [-0.1, -0.05) is 19.3 Å². The lowest BCUT2D eigenvalue weighted by molar-refractivity contribution is -0.000698. The Hall–Kier alpha value is -0.890. The molecule has 0 atom stereocenters. The molecule has 1 aliphatic carbocycles. The van der Waals surface area contributed by atoms with Gasteiger partial charge in [-0.2, -0.15) is 0 Å². The number of aromatic nitrogens is 1. The summed E-state index contributed by atoms with van der Waals surface area (Å²) in [5.41, 5.74) is 0.462. The van der Waals surface area contributed by atoms with Crippen molar-refractivity contribution in [3.05, 3.63) is 30.1 Å². The molecule has 0 saturated heterocycles. The molecule has 13 heavy (non-hydrogen) atoms. The second-order valence-electron chi connectivity index (χ2n) is 3.83. The molecule has 0 amide bonds. The molecule has 1 aliphatic rings. The third-order valence-electron chi connectivity index (χ3n) is 2.90. The fourth-order valence-corrected chi connectivity index (χ4v) is 2.09. The highest BCUT2D eigenvalue weighted by Crippen LogP contribution is 2.36. The molecule has 0 bridgehead atoms. The van der Waals surface area contributed by atoms with Crippen molar-refractivity contribution in [3.8, 4) is 0 Å². The molecule has 1 N–H and O–H groups in total. The summed E-state index contributed by atoms with van der Waals surface area (Å²) in [5, 5.41) is 10.3. The minimum atomic E-state index is -0.568. The van der Waals surface area contributed by atoms with Crippen LogP contribution in [0, 0.1) is 0 Å². The van der Waals surface area contributed by atoms with Crippen molar-refractivity contribution in [3.63, 3.8) is 0 Å². The maximum Gasteiger partial charge on any atom is 0.0897 e. The summed E-state index contributed by atoms with van der Waals surface area (Å²) >= 11 is 0. The largest absolute Gasteiger partial charge is 0.385 e. The predicted molar refractivity (Wildman–Crippen MR) is 51.2 cm³/mol. The Morgan fingerprint density at radius 1 is 1.08 bits per heavy atom. The second-order valence-corrected chi connectivity index (χ2v) is 3.83. The number of pyridine rings is 1. The molecule has 2 rings (SSSR count). The normalized spacial score (nSPS) is 21.3.